The van der Waals surface area contributed by atoms with E-state index in [1.165, 1.54) is 0 Å². The number of alkyl halides is 1. The van der Waals surface area contributed by atoms with Crippen LogP contribution < -0.4 is 5.73 Å². The highest BCUT2D eigenvalue weighted by Crippen LogP contribution is 2.29. The molecule has 0 saturated carbocycles. The van der Waals surface area contributed by atoms with Gasteiger partial charge in [0.15, 0.2) is 5.78 Å². The first-order chi connectivity index (χ1) is 11.6. The monoisotopic (exact) mass is 481 g/mol. The normalized spacial score (nSPS) is 15.9. The van der Waals surface area contributed by atoms with Crippen molar-refractivity contribution in [2.75, 3.05) is 13.2 Å². The number of esters is 1. The second kappa shape index (κ2) is 10.2. The van der Waals surface area contributed by atoms with E-state index in [0.717, 1.165) is 0 Å². The average molecular weight is 481 g/mol. The Morgan fingerprint density at radius 2 is 1.69 bits per heavy atom. The van der Waals surface area contributed by atoms with E-state index in [4.69, 9.17) is 15.2 Å². The first kappa shape index (κ1) is 25.5. The minimum atomic E-state index is -0.659. The Hall–Kier alpha value is -0.470. The molecule has 0 aliphatic heterocycles. The van der Waals surface area contributed by atoms with Gasteiger partial charge >= 0.3 is 5.97 Å². The lowest BCUT2D eigenvalue weighted by molar-refractivity contribution is -0.164. The van der Waals surface area contributed by atoms with E-state index in [2.05, 4.69) is 49.9 Å². The highest BCUT2D eigenvalue weighted by Gasteiger charge is 2.31. The molecule has 0 bridgehead atoms. The van der Waals surface area contributed by atoms with Gasteiger partial charge in [0.25, 0.3) is 0 Å². The van der Waals surface area contributed by atoms with Crippen LogP contribution in [0.4, 0.5) is 0 Å². The number of halogens is 1. The molecule has 2 N–H and O–H groups in total. The Balaban J connectivity index is 4.58. The van der Waals surface area contributed by atoms with Crippen molar-refractivity contribution in [2.45, 2.75) is 76.9 Å². The van der Waals surface area contributed by atoms with Crippen molar-refractivity contribution >= 4 is 34.3 Å². The van der Waals surface area contributed by atoms with Crippen molar-refractivity contribution in [1.29, 1.82) is 0 Å². The highest BCUT2D eigenvalue weighted by molar-refractivity contribution is 14.1. The Morgan fingerprint density at radius 1 is 1.15 bits per heavy atom. The Bertz CT molecular complexity index is 506. The first-order valence-corrected chi connectivity index (χ1v) is 10.1. The summed E-state index contributed by atoms with van der Waals surface area (Å²) >= 11 is 2.12. The maximum Gasteiger partial charge on any atom is 0.310 e. The largest absolute Gasteiger partial charge is 0.459 e. The number of Topliss-reactive ketones (excluding diaryl/α,β-unsaturated/α-hetero) is 1. The van der Waals surface area contributed by atoms with Gasteiger partial charge in [0.2, 0.25) is 0 Å². The van der Waals surface area contributed by atoms with Crippen LogP contribution in [0.25, 0.3) is 0 Å². The van der Waals surface area contributed by atoms with Gasteiger partial charge in [0.05, 0.1) is 12.5 Å². The van der Waals surface area contributed by atoms with Crippen LogP contribution in [0, 0.1) is 11.3 Å². The molecule has 0 aliphatic carbocycles. The fraction of sp³-hybridized carbons (Fsp3) is 0.800. The molecule has 0 aromatic carbocycles. The first-order valence-electron chi connectivity index (χ1n) is 9.03. The van der Waals surface area contributed by atoms with E-state index in [1.807, 2.05) is 20.8 Å². The maximum absolute atomic E-state index is 12.4. The zero-order valence-corrected chi connectivity index (χ0v) is 19.6. The van der Waals surface area contributed by atoms with Crippen molar-refractivity contribution in [3.63, 3.8) is 0 Å². The van der Waals surface area contributed by atoms with Crippen LogP contribution in [0.3, 0.4) is 0 Å². The van der Waals surface area contributed by atoms with Crippen LogP contribution >= 0.6 is 22.6 Å². The summed E-state index contributed by atoms with van der Waals surface area (Å²) in [6.07, 6.45) is 1.49. The molecule has 0 saturated heterocycles. The quantitative estimate of drug-likeness (QED) is 0.205. The van der Waals surface area contributed by atoms with E-state index < -0.39 is 9.21 Å². The summed E-state index contributed by atoms with van der Waals surface area (Å²) in [5.74, 6) is -0.583. The maximum atomic E-state index is 12.4. The van der Waals surface area contributed by atoms with E-state index >= 15 is 0 Å². The molecule has 0 aromatic heterocycles. The van der Waals surface area contributed by atoms with Crippen LogP contribution in [-0.4, -0.2) is 34.1 Å². The number of hydrogen-bond donors (Lipinski definition) is 1. The molecule has 0 fully saturated rings. The minimum Gasteiger partial charge on any atom is -0.459 e. The van der Waals surface area contributed by atoms with Gasteiger partial charge < -0.3 is 15.2 Å². The van der Waals surface area contributed by atoms with Gasteiger partial charge in [-0.05, 0) is 67.7 Å². The summed E-state index contributed by atoms with van der Waals surface area (Å²) in [7, 11) is 0. The number of nitrogens with two attached hydrogens (primary N) is 1. The van der Waals surface area contributed by atoms with Crippen molar-refractivity contribution in [3.8, 4) is 0 Å². The van der Waals surface area contributed by atoms with Crippen LogP contribution in [0.15, 0.2) is 12.2 Å². The topological polar surface area (TPSA) is 78.6 Å². The standard InChI is InChI=1S/C20H36INO4/c1-14(2)16(23)12-20(8,21)25-10-9-19(6,7)26-17(24)15(13-22)11-18(3,4)5/h15H,1,9-13,22H2,2-8H3. The summed E-state index contributed by atoms with van der Waals surface area (Å²) in [4.78, 5) is 24.3. The lowest BCUT2D eigenvalue weighted by atomic mass is 9.84. The van der Waals surface area contributed by atoms with Crippen LogP contribution in [0.1, 0.15) is 67.7 Å². The number of hydrogen-bond acceptors (Lipinski definition) is 5. The third kappa shape index (κ3) is 11.3. The SMILES string of the molecule is C=C(C)C(=O)CC(C)(I)OCCC(C)(C)OC(=O)C(CN)CC(C)(C)C. The van der Waals surface area contributed by atoms with E-state index in [-0.39, 0.29) is 36.1 Å². The van der Waals surface area contributed by atoms with Gasteiger partial charge in [0.1, 0.15) is 9.21 Å². The van der Waals surface area contributed by atoms with Crippen molar-refractivity contribution in [2.24, 2.45) is 17.1 Å². The Kier molecular flexibility index (Phi) is 9.99. The van der Waals surface area contributed by atoms with Crippen LogP contribution in [-0.2, 0) is 19.1 Å². The molecule has 152 valence electrons. The summed E-state index contributed by atoms with van der Waals surface area (Å²) in [5.41, 5.74) is 5.64. The van der Waals surface area contributed by atoms with Crippen LogP contribution in [0.5, 0.6) is 0 Å². The smallest absolute Gasteiger partial charge is 0.310 e. The number of carbonyl (C=O) groups is 2. The molecule has 0 rings (SSSR count). The molecule has 0 aliphatic rings. The fourth-order valence-electron chi connectivity index (χ4n) is 2.41. The molecular weight excluding hydrogens is 445 g/mol. The third-order valence-electron chi connectivity index (χ3n) is 3.91. The van der Waals surface area contributed by atoms with Crippen molar-refractivity contribution in [1.82, 2.24) is 0 Å². The average Bonchev–Trinajstić information content (AvgIpc) is 2.41. The van der Waals surface area contributed by atoms with E-state index in [0.29, 0.717) is 25.0 Å². The van der Waals surface area contributed by atoms with Gasteiger partial charge in [-0.15, -0.1) is 0 Å². The zero-order chi connectivity index (χ0) is 20.8. The molecule has 5 nitrogen and oxygen atoms in total. The summed E-state index contributed by atoms with van der Waals surface area (Å²) in [6, 6.07) is 0. The summed E-state index contributed by atoms with van der Waals surface area (Å²) in [6.45, 7) is 17.8. The summed E-state index contributed by atoms with van der Waals surface area (Å²) < 4.78 is 10.9. The number of ether oxygens (including phenoxy) is 2. The number of allylic oxidation sites excluding steroid dienone is 1. The molecule has 26 heavy (non-hydrogen) atoms. The molecular formula is C20H36INO4. The zero-order valence-electron chi connectivity index (χ0n) is 17.4. The molecule has 0 amide bonds. The second-order valence-electron chi connectivity index (χ2n) is 8.96. The van der Waals surface area contributed by atoms with Crippen molar-refractivity contribution in [3.05, 3.63) is 12.2 Å². The lowest BCUT2D eigenvalue weighted by Crippen LogP contribution is -2.37. The molecule has 0 spiro atoms. The predicted octanol–water partition coefficient (Wildman–Crippen LogP) is 4.41. The predicted molar refractivity (Wildman–Crippen MR) is 114 cm³/mol. The number of ketones is 1. The van der Waals surface area contributed by atoms with Crippen LogP contribution in [0.2, 0.25) is 0 Å². The molecule has 6 heteroatoms. The lowest BCUT2D eigenvalue weighted by Gasteiger charge is -2.31. The van der Waals surface area contributed by atoms with Gasteiger partial charge in [0, 0.05) is 19.4 Å². The van der Waals surface area contributed by atoms with Gasteiger partial charge in [-0.1, -0.05) is 27.4 Å². The fourth-order valence-corrected chi connectivity index (χ4v) is 2.97. The van der Waals surface area contributed by atoms with Gasteiger partial charge in [-0.3, -0.25) is 9.59 Å². The molecule has 0 radical (unpaired) electrons. The van der Waals surface area contributed by atoms with Gasteiger partial charge in [-0.2, -0.15) is 0 Å². The minimum absolute atomic E-state index is 0.00908. The molecule has 0 aromatic rings. The number of rotatable bonds is 11. The third-order valence-corrected chi connectivity index (χ3v) is 4.61. The molecule has 2 unspecified atom stereocenters. The van der Waals surface area contributed by atoms with Gasteiger partial charge in [-0.25, -0.2) is 0 Å². The van der Waals surface area contributed by atoms with Crippen molar-refractivity contribution < 1.29 is 19.1 Å². The Labute approximate surface area is 172 Å². The Morgan fingerprint density at radius 3 is 2.12 bits per heavy atom. The highest BCUT2D eigenvalue weighted by atomic mass is 127. The number of carbonyl (C=O) groups excluding carboxylic acids is 2. The summed E-state index contributed by atoms with van der Waals surface area (Å²) in [5, 5.41) is 0. The second-order valence-corrected chi connectivity index (χ2v) is 11.2. The molecule has 2 atom stereocenters. The van der Waals surface area contributed by atoms with E-state index in [1.54, 1.807) is 6.92 Å². The molecule has 0 heterocycles. The van der Waals surface area contributed by atoms with E-state index in [9.17, 15) is 9.59 Å².